The molecule has 0 bridgehead atoms. The van der Waals surface area contributed by atoms with Gasteiger partial charge < -0.3 is 13.9 Å². The average Bonchev–Trinajstić information content (AvgIpc) is 2.63. The molecule has 0 aliphatic carbocycles. The zero-order valence-electron chi connectivity index (χ0n) is 18.7. The number of hydrogen-bond donors (Lipinski definition) is 0. The van der Waals surface area contributed by atoms with Crippen LogP contribution < -0.4 is 4.74 Å². The topological polar surface area (TPSA) is 27.7 Å². The first-order chi connectivity index (χ1) is 13.5. The first-order valence-corrected chi connectivity index (χ1v) is 12.5. The highest BCUT2D eigenvalue weighted by Crippen LogP contribution is 2.37. The monoisotopic (exact) mass is 417 g/mol. The van der Waals surface area contributed by atoms with Gasteiger partial charge in [-0.05, 0) is 56.1 Å². The van der Waals surface area contributed by atoms with E-state index in [1.807, 2.05) is 38.1 Å². The van der Waals surface area contributed by atoms with E-state index >= 15 is 0 Å². The number of ether oxygens (including phenoxy) is 2. The molecule has 2 aromatic carbocycles. The molecule has 1 unspecified atom stereocenters. The van der Waals surface area contributed by atoms with E-state index in [0.29, 0.717) is 12.2 Å². The van der Waals surface area contributed by atoms with Gasteiger partial charge in [0.15, 0.2) is 0 Å². The van der Waals surface area contributed by atoms with Crippen molar-refractivity contribution in [2.45, 2.75) is 66.0 Å². The van der Waals surface area contributed by atoms with E-state index in [0.717, 1.165) is 11.3 Å². The number of benzene rings is 2. The predicted octanol–water partition coefficient (Wildman–Crippen LogP) is 6.55. The zero-order valence-corrected chi connectivity index (χ0v) is 19.7. The van der Waals surface area contributed by atoms with Gasteiger partial charge in [-0.15, -0.1) is 0 Å². The number of halogens is 1. The van der Waals surface area contributed by atoms with E-state index < -0.39 is 14.6 Å². The van der Waals surface area contributed by atoms with Gasteiger partial charge >= 0.3 is 0 Å². The maximum Gasteiger partial charge on any atom is 0.205 e. The van der Waals surface area contributed by atoms with Crippen LogP contribution in [0.1, 0.15) is 51.8 Å². The summed E-state index contributed by atoms with van der Waals surface area (Å²) in [6.45, 7) is 15.3. The Hall–Kier alpha value is -1.69. The van der Waals surface area contributed by atoms with Crippen molar-refractivity contribution in [3.63, 3.8) is 0 Å². The molecular formula is C24H34FO3Si. The lowest BCUT2D eigenvalue weighted by Crippen LogP contribution is -2.32. The van der Waals surface area contributed by atoms with Gasteiger partial charge in [0.25, 0.3) is 0 Å². The minimum absolute atomic E-state index is 0.0112. The second kappa shape index (κ2) is 9.87. The van der Waals surface area contributed by atoms with Crippen molar-refractivity contribution >= 4 is 9.04 Å². The third-order valence-electron chi connectivity index (χ3n) is 4.46. The molecule has 0 saturated heterocycles. The second-order valence-corrected chi connectivity index (χ2v) is 11.3. The molecule has 0 N–H and O–H groups in total. The van der Waals surface area contributed by atoms with Crippen molar-refractivity contribution in [2.75, 3.05) is 6.61 Å². The van der Waals surface area contributed by atoms with Gasteiger partial charge in [-0.25, -0.2) is 4.39 Å². The van der Waals surface area contributed by atoms with Crippen LogP contribution in [0.25, 0.3) is 0 Å². The predicted molar refractivity (Wildman–Crippen MR) is 118 cm³/mol. The van der Waals surface area contributed by atoms with E-state index in [4.69, 9.17) is 13.9 Å². The van der Waals surface area contributed by atoms with Crippen molar-refractivity contribution in [1.29, 1.82) is 0 Å². The van der Waals surface area contributed by atoms with Crippen molar-refractivity contribution in [3.8, 4) is 5.75 Å². The molecule has 0 aromatic heterocycles. The molecule has 2 aromatic rings. The molecule has 0 saturated carbocycles. The normalized spacial score (nSPS) is 13.6. The Bertz CT molecular complexity index is 784. The summed E-state index contributed by atoms with van der Waals surface area (Å²) in [7, 11) is -0.839. The minimum Gasteiger partial charge on any atom is -0.491 e. The Balaban J connectivity index is 2.02. The Kier molecular flexibility index (Phi) is 8.03. The lowest BCUT2D eigenvalue weighted by atomic mass is 9.85. The molecule has 3 nitrogen and oxygen atoms in total. The molecule has 0 spiro atoms. The van der Waals surface area contributed by atoms with Crippen LogP contribution in [0.4, 0.5) is 4.39 Å². The van der Waals surface area contributed by atoms with Crippen LogP contribution in [0.2, 0.25) is 13.1 Å². The summed E-state index contributed by atoms with van der Waals surface area (Å²) in [4.78, 5) is 0. The Morgan fingerprint density at radius 2 is 1.66 bits per heavy atom. The van der Waals surface area contributed by atoms with E-state index in [2.05, 4.69) is 39.9 Å². The van der Waals surface area contributed by atoms with Gasteiger partial charge in [0.2, 0.25) is 9.04 Å². The highest BCUT2D eigenvalue weighted by atomic mass is 28.3. The molecule has 2 rings (SSSR count). The van der Waals surface area contributed by atoms with Crippen LogP contribution in [0.5, 0.6) is 5.75 Å². The summed E-state index contributed by atoms with van der Waals surface area (Å²) < 4.78 is 32.0. The Morgan fingerprint density at radius 3 is 2.28 bits per heavy atom. The van der Waals surface area contributed by atoms with Gasteiger partial charge in [-0.2, -0.15) is 0 Å². The standard InChI is InChI=1S/C24H34FO3Si/c1-23(2,3)22(28-29(6)7)18-12-10-13-20(15-18)26-17-24(4,5)27-16-19-11-8-9-14-21(19)25/h8-15,22H,16-17H2,1-7H3. The van der Waals surface area contributed by atoms with E-state index in [1.165, 1.54) is 6.07 Å². The highest BCUT2D eigenvalue weighted by molar-refractivity contribution is 6.48. The summed E-state index contributed by atoms with van der Waals surface area (Å²) in [5.74, 6) is 0.529. The van der Waals surface area contributed by atoms with Gasteiger partial charge in [0, 0.05) is 5.56 Å². The van der Waals surface area contributed by atoms with E-state index in [-0.39, 0.29) is 23.9 Å². The van der Waals surface area contributed by atoms with Crippen LogP contribution in [0, 0.1) is 11.2 Å². The van der Waals surface area contributed by atoms with Crippen LogP contribution in [-0.2, 0) is 15.8 Å². The van der Waals surface area contributed by atoms with Crippen molar-refractivity contribution in [1.82, 2.24) is 0 Å². The van der Waals surface area contributed by atoms with Crippen molar-refractivity contribution in [2.24, 2.45) is 5.41 Å². The SMILES string of the molecule is C[Si](C)OC(c1cccc(OCC(C)(C)OCc2ccccc2F)c1)C(C)(C)C. The average molecular weight is 418 g/mol. The van der Waals surface area contributed by atoms with Crippen LogP contribution in [0.3, 0.4) is 0 Å². The molecular weight excluding hydrogens is 383 g/mol. The molecule has 29 heavy (non-hydrogen) atoms. The summed E-state index contributed by atoms with van der Waals surface area (Å²) in [5, 5.41) is 0. The summed E-state index contributed by atoms with van der Waals surface area (Å²) in [6.07, 6.45) is 0.0141. The van der Waals surface area contributed by atoms with Crippen LogP contribution in [-0.4, -0.2) is 21.2 Å². The molecule has 159 valence electrons. The van der Waals surface area contributed by atoms with E-state index in [9.17, 15) is 4.39 Å². The first kappa shape index (κ1) is 23.6. The lowest BCUT2D eigenvalue weighted by Gasteiger charge is -2.33. The third kappa shape index (κ3) is 7.57. The fourth-order valence-electron chi connectivity index (χ4n) is 2.94. The largest absolute Gasteiger partial charge is 0.491 e. The second-order valence-electron chi connectivity index (χ2n) is 9.27. The fraction of sp³-hybridized carbons (Fsp3) is 0.500. The zero-order chi connectivity index (χ0) is 21.7. The van der Waals surface area contributed by atoms with Crippen molar-refractivity contribution < 1.29 is 18.3 Å². The molecule has 0 aliphatic rings. The quantitative estimate of drug-likeness (QED) is 0.433. The van der Waals surface area contributed by atoms with Gasteiger partial charge in [0.05, 0.1) is 18.3 Å². The highest BCUT2D eigenvalue weighted by Gasteiger charge is 2.28. The minimum atomic E-state index is -0.839. The summed E-state index contributed by atoms with van der Waals surface area (Å²) in [5.41, 5.74) is 1.10. The lowest BCUT2D eigenvalue weighted by molar-refractivity contribution is -0.0578. The molecule has 0 fully saturated rings. The molecule has 5 heteroatoms. The number of hydrogen-bond acceptors (Lipinski definition) is 3. The molecule has 1 radical (unpaired) electrons. The number of rotatable bonds is 9. The molecule has 0 amide bonds. The van der Waals surface area contributed by atoms with Gasteiger partial charge in [-0.3, -0.25) is 0 Å². The van der Waals surface area contributed by atoms with E-state index in [1.54, 1.807) is 12.1 Å². The molecule has 0 aliphatic heterocycles. The van der Waals surface area contributed by atoms with Gasteiger partial charge in [0.1, 0.15) is 18.2 Å². The fourth-order valence-corrected chi connectivity index (χ4v) is 3.90. The van der Waals surface area contributed by atoms with Crippen molar-refractivity contribution in [3.05, 3.63) is 65.5 Å². The summed E-state index contributed by atoms with van der Waals surface area (Å²) in [6, 6.07) is 14.7. The Morgan fingerprint density at radius 1 is 0.966 bits per heavy atom. The first-order valence-electron chi connectivity index (χ1n) is 10.0. The van der Waals surface area contributed by atoms with Gasteiger partial charge in [-0.1, -0.05) is 51.1 Å². The molecule has 0 heterocycles. The maximum absolute atomic E-state index is 13.8. The van der Waals surface area contributed by atoms with Crippen LogP contribution in [0.15, 0.2) is 48.5 Å². The third-order valence-corrected chi connectivity index (χ3v) is 5.17. The maximum atomic E-state index is 13.8. The Labute approximate surface area is 176 Å². The van der Waals surface area contributed by atoms with Crippen LogP contribution >= 0.6 is 0 Å². The molecule has 1 atom stereocenters. The summed E-state index contributed by atoms with van der Waals surface area (Å²) >= 11 is 0. The smallest absolute Gasteiger partial charge is 0.205 e.